The van der Waals surface area contributed by atoms with Crippen molar-refractivity contribution in [2.24, 2.45) is 0 Å². The standard InChI is InChI=1S/C12H22N2O3/c1-9(2)8-14(5)11(17)13-12(3,4)7-6-10(15)16/h1,6-8H2,2-5H3,(H,13,17)(H,15,16). The van der Waals surface area contributed by atoms with E-state index < -0.39 is 11.5 Å². The highest BCUT2D eigenvalue weighted by Gasteiger charge is 2.23. The Bertz CT molecular complexity index is 311. The topological polar surface area (TPSA) is 69.6 Å². The molecular weight excluding hydrogens is 220 g/mol. The molecule has 0 aliphatic carbocycles. The van der Waals surface area contributed by atoms with Crippen LogP contribution in [0.15, 0.2) is 12.2 Å². The molecule has 0 saturated carbocycles. The molecule has 0 aromatic heterocycles. The van der Waals surface area contributed by atoms with Crippen LogP contribution < -0.4 is 5.32 Å². The Morgan fingerprint density at radius 1 is 1.41 bits per heavy atom. The van der Waals surface area contributed by atoms with Crippen molar-refractivity contribution in [1.29, 1.82) is 0 Å². The number of nitrogens with zero attached hydrogens (tertiary/aromatic N) is 1. The van der Waals surface area contributed by atoms with Gasteiger partial charge in [0.2, 0.25) is 0 Å². The number of urea groups is 1. The zero-order valence-corrected chi connectivity index (χ0v) is 11.0. The third-order valence-electron chi connectivity index (χ3n) is 2.26. The lowest BCUT2D eigenvalue weighted by Gasteiger charge is -2.29. The Kier molecular flexibility index (Phi) is 5.71. The molecule has 2 N–H and O–H groups in total. The van der Waals surface area contributed by atoms with E-state index in [9.17, 15) is 9.59 Å². The summed E-state index contributed by atoms with van der Waals surface area (Å²) in [5.41, 5.74) is 0.365. The summed E-state index contributed by atoms with van der Waals surface area (Å²) in [6.07, 6.45) is 0.437. The van der Waals surface area contributed by atoms with Gasteiger partial charge in [0, 0.05) is 25.6 Å². The van der Waals surface area contributed by atoms with Crippen LogP contribution in [0.4, 0.5) is 4.79 Å². The monoisotopic (exact) mass is 242 g/mol. The Hall–Kier alpha value is -1.52. The van der Waals surface area contributed by atoms with Crippen molar-refractivity contribution in [2.45, 2.75) is 39.2 Å². The lowest BCUT2D eigenvalue weighted by atomic mass is 9.99. The summed E-state index contributed by atoms with van der Waals surface area (Å²) in [6.45, 7) is 9.68. The summed E-state index contributed by atoms with van der Waals surface area (Å²) < 4.78 is 0. The second-order valence-electron chi connectivity index (χ2n) is 5.02. The van der Waals surface area contributed by atoms with Gasteiger partial charge in [-0.2, -0.15) is 0 Å². The van der Waals surface area contributed by atoms with Gasteiger partial charge in [-0.15, -0.1) is 0 Å². The maximum absolute atomic E-state index is 11.8. The molecule has 0 spiro atoms. The van der Waals surface area contributed by atoms with E-state index in [1.54, 1.807) is 7.05 Å². The molecule has 0 atom stereocenters. The SMILES string of the molecule is C=C(C)CN(C)C(=O)NC(C)(C)CCC(=O)O. The highest BCUT2D eigenvalue weighted by molar-refractivity contribution is 5.75. The van der Waals surface area contributed by atoms with Crippen LogP contribution >= 0.6 is 0 Å². The number of rotatable bonds is 6. The number of aliphatic carboxylic acids is 1. The molecule has 5 nitrogen and oxygen atoms in total. The first-order chi connectivity index (χ1) is 7.64. The van der Waals surface area contributed by atoms with Gasteiger partial charge in [0.1, 0.15) is 0 Å². The molecule has 0 rings (SSSR count). The summed E-state index contributed by atoms with van der Waals surface area (Å²) in [7, 11) is 1.68. The number of carbonyl (C=O) groups excluding carboxylic acids is 1. The average molecular weight is 242 g/mol. The van der Waals surface area contributed by atoms with Crippen LogP contribution in [0.25, 0.3) is 0 Å². The molecule has 0 aliphatic rings. The highest BCUT2D eigenvalue weighted by atomic mass is 16.4. The molecule has 0 radical (unpaired) electrons. The van der Waals surface area contributed by atoms with Gasteiger partial charge in [0.15, 0.2) is 0 Å². The van der Waals surface area contributed by atoms with Gasteiger partial charge < -0.3 is 15.3 Å². The van der Waals surface area contributed by atoms with Crippen molar-refractivity contribution in [3.8, 4) is 0 Å². The predicted octanol–water partition coefficient (Wildman–Crippen LogP) is 1.85. The largest absolute Gasteiger partial charge is 0.481 e. The van der Waals surface area contributed by atoms with Crippen molar-refractivity contribution in [3.05, 3.63) is 12.2 Å². The molecule has 0 bridgehead atoms. The number of amides is 2. The van der Waals surface area contributed by atoms with Gasteiger partial charge in [-0.25, -0.2) is 4.79 Å². The number of hydrogen-bond acceptors (Lipinski definition) is 2. The van der Waals surface area contributed by atoms with Gasteiger partial charge in [0.25, 0.3) is 0 Å². The fourth-order valence-corrected chi connectivity index (χ4v) is 1.34. The van der Waals surface area contributed by atoms with Gasteiger partial charge in [0.05, 0.1) is 0 Å². The first kappa shape index (κ1) is 15.5. The van der Waals surface area contributed by atoms with Crippen LogP contribution in [0, 0.1) is 0 Å². The normalized spacial score (nSPS) is 10.8. The lowest BCUT2D eigenvalue weighted by Crippen LogP contribution is -2.49. The maximum atomic E-state index is 11.8. The molecular formula is C12H22N2O3. The van der Waals surface area contributed by atoms with E-state index in [0.29, 0.717) is 13.0 Å². The van der Waals surface area contributed by atoms with Crippen LogP contribution in [-0.2, 0) is 4.79 Å². The molecule has 17 heavy (non-hydrogen) atoms. The predicted molar refractivity (Wildman–Crippen MR) is 66.9 cm³/mol. The van der Waals surface area contributed by atoms with E-state index in [1.807, 2.05) is 20.8 Å². The Morgan fingerprint density at radius 2 is 1.94 bits per heavy atom. The quantitative estimate of drug-likeness (QED) is 0.698. The van der Waals surface area contributed by atoms with Gasteiger partial charge >= 0.3 is 12.0 Å². The van der Waals surface area contributed by atoms with Gasteiger partial charge in [-0.1, -0.05) is 12.2 Å². The zero-order valence-electron chi connectivity index (χ0n) is 11.0. The number of carboxylic acids is 1. The van der Waals surface area contributed by atoms with Crippen LogP contribution in [0.1, 0.15) is 33.6 Å². The second-order valence-corrected chi connectivity index (χ2v) is 5.02. The van der Waals surface area contributed by atoms with Crippen molar-refractivity contribution in [3.63, 3.8) is 0 Å². The van der Waals surface area contributed by atoms with E-state index in [2.05, 4.69) is 11.9 Å². The number of carboxylic acid groups (broad SMARTS) is 1. The zero-order chi connectivity index (χ0) is 13.6. The molecule has 0 heterocycles. The fourth-order valence-electron chi connectivity index (χ4n) is 1.34. The lowest BCUT2D eigenvalue weighted by molar-refractivity contribution is -0.137. The molecule has 0 aromatic carbocycles. The minimum atomic E-state index is -0.859. The molecule has 5 heteroatoms. The fraction of sp³-hybridized carbons (Fsp3) is 0.667. The van der Waals surface area contributed by atoms with Gasteiger partial charge in [-0.3, -0.25) is 4.79 Å². The molecule has 98 valence electrons. The minimum Gasteiger partial charge on any atom is -0.481 e. The van der Waals surface area contributed by atoms with Crippen molar-refractivity contribution >= 4 is 12.0 Å². The van der Waals surface area contributed by atoms with E-state index in [4.69, 9.17) is 5.11 Å². The van der Waals surface area contributed by atoms with E-state index in [1.165, 1.54) is 4.90 Å². The van der Waals surface area contributed by atoms with E-state index in [-0.39, 0.29) is 12.5 Å². The summed E-state index contributed by atoms with van der Waals surface area (Å²) in [5, 5.41) is 11.4. The molecule has 0 aliphatic heterocycles. The number of likely N-dealkylation sites (N-methyl/N-ethyl adjacent to an activating group) is 1. The summed E-state index contributed by atoms with van der Waals surface area (Å²) >= 11 is 0. The average Bonchev–Trinajstić information content (AvgIpc) is 2.13. The Balaban J connectivity index is 4.25. The van der Waals surface area contributed by atoms with Crippen molar-refractivity contribution < 1.29 is 14.7 Å². The second kappa shape index (κ2) is 6.27. The number of carbonyl (C=O) groups is 2. The molecule has 0 aromatic rings. The Morgan fingerprint density at radius 3 is 2.35 bits per heavy atom. The van der Waals surface area contributed by atoms with E-state index >= 15 is 0 Å². The number of nitrogens with one attached hydrogen (secondary N) is 1. The minimum absolute atomic E-state index is 0.0392. The molecule has 0 saturated heterocycles. The van der Waals surface area contributed by atoms with Crippen LogP contribution in [-0.4, -0.2) is 41.1 Å². The maximum Gasteiger partial charge on any atom is 0.317 e. The third kappa shape index (κ3) is 7.38. The smallest absolute Gasteiger partial charge is 0.317 e. The molecule has 0 unspecified atom stereocenters. The summed E-state index contributed by atoms with van der Waals surface area (Å²) in [6, 6.07) is -0.219. The Labute approximate surface area is 102 Å². The third-order valence-corrected chi connectivity index (χ3v) is 2.26. The summed E-state index contributed by atoms with van der Waals surface area (Å²) in [4.78, 5) is 23.8. The first-order valence-corrected chi connectivity index (χ1v) is 5.53. The first-order valence-electron chi connectivity index (χ1n) is 5.53. The number of hydrogen-bond donors (Lipinski definition) is 2. The van der Waals surface area contributed by atoms with Crippen molar-refractivity contribution in [2.75, 3.05) is 13.6 Å². The highest BCUT2D eigenvalue weighted by Crippen LogP contribution is 2.11. The summed E-state index contributed by atoms with van der Waals surface area (Å²) in [5.74, 6) is -0.859. The van der Waals surface area contributed by atoms with Gasteiger partial charge in [-0.05, 0) is 27.2 Å². The van der Waals surface area contributed by atoms with Crippen LogP contribution in [0.3, 0.4) is 0 Å². The molecule has 0 fully saturated rings. The molecule has 2 amide bonds. The van der Waals surface area contributed by atoms with Crippen molar-refractivity contribution in [1.82, 2.24) is 10.2 Å². The van der Waals surface area contributed by atoms with E-state index in [0.717, 1.165) is 5.57 Å². The van der Waals surface area contributed by atoms with Crippen LogP contribution in [0.2, 0.25) is 0 Å². The van der Waals surface area contributed by atoms with Crippen LogP contribution in [0.5, 0.6) is 0 Å².